The zero-order valence-electron chi connectivity index (χ0n) is 15.9. The Hall–Kier alpha value is -2.22. The van der Waals surface area contributed by atoms with Gasteiger partial charge in [0.05, 0.1) is 11.3 Å². The van der Waals surface area contributed by atoms with Gasteiger partial charge in [0.2, 0.25) is 11.8 Å². The number of aromatic nitrogens is 1. The molecule has 8 heteroatoms. The molecule has 2 aromatic rings. The quantitative estimate of drug-likeness (QED) is 0.657. The third-order valence-corrected chi connectivity index (χ3v) is 7.60. The number of nitrogens with one attached hydrogen (secondary N) is 2. The molecule has 29 heavy (non-hydrogen) atoms. The second-order valence-corrected chi connectivity index (χ2v) is 9.99. The molecule has 0 saturated heterocycles. The Bertz CT molecular complexity index is 906. The minimum Gasteiger partial charge on any atom is -0.492 e. The Kier molecular flexibility index (Phi) is 4.49. The Morgan fingerprint density at radius 3 is 2.31 bits per heavy atom. The second kappa shape index (κ2) is 6.93. The second-order valence-electron chi connectivity index (χ2n) is 8.91. The average Bonchev–Trinajstić information content (AvgIpc) is 2.95. The first-order chi connectivity index (χ1) is 13.9. The Morgan fingerprint density at radius 2 is 1.72 bits per heavy atom. The molecular weight excluding hydrogens is 396 g/mol. The number of hydrogen-bond donors (Lipinski definition) is 3. The van der Waals surface area contributed by atoms with Crippen molar-refractivity contribution in [1.82, 2.24) is 4.98 Å². The predicted octanol–water partition coefficient (Wildman–Crippen LogP) is 4.69. The van der Waals surface area contributed by atoms with Gasteiger partial charge in [0.1, 0.15) is 17.3 Å². The van der Waals surface area contributed by atoms with Crippen LogP contribution in [-0.2, 0) is 11.2 Å². The third kappa shape index (κ3) is 3.58. The van der Waals surface area contributed by atoms with Gasteiger partial charge < -0.3 is 15.7 Å². The van der Waals surface area contributed by atoms with Crippen LogP contribution in [0.4, 0.5) is 19.6 Å². The molecule has 4 aliphatic rings. The minimum atomic E-state index is -0.837. The summed E-state index contributed by atoms with van der Waals surface area (Å²) in [7, 11) is 0. The predicted molar refractivity (Wildman–Crippen MR) is 107 cm³/mol. The highest BCUT2D eigenvalue weighted by Gasteiger charge is 2.51. The Balaban J connectivity index is 1.28. The van der Waals surface area contributed by atoms with Crippen molar-refractivity contribution in [2.45, 2.75) is 50.5 Å². The highest BCUT2D eigenvalue weighted by molar-refractivity contribution is 7.16. The van der Waals surface area contributed by atoms with Crippen LogP contribution in [0.3, 0.4) is 0 Å². The standard InChI is InChI=1S/C21H23F2N3O2S/c22-14-2-1-3-15(23)18(14)24-17(27)7-16-19(28)25-20(29-16)26-21-8-11-4-12(9-21)6-13(5-11)10-21/h1-3,11-13,28H,4-10H2,(H,24,27)(H,25,26). The maximum atomic E-state index is 13.7. The van der Waals surface area contributed by atoms with Gasteiger partial charge in [-0.25, -0.2) is 8.78 Å². The summed E-state index contributed by atoms with van der Waals surface area (Å²) >= 11 is 1.24. The molecule has 5 nitrogen and oxygen atoms in total. The highest BCUT2D eigenvalue weighted by atomic mass is 32.1. The van der Waals surface area contributed by atoms with E-state index in [1.807, 2.05) is 0 Å². The van der Waals surface area contributed by atoms with Crippen molar-refractivity contribution in [2.75, 3.05) is 10.6 Å². The number of thiazole rings is 1. The molecule has 1 heterocycles. The number of hydrogen-bond acceptors (Lipinski definition) is 5. The van der Waals surface area contributed by atoms with Gasteiger partial charge in [-0.1, -0.05) is 17.4 Å². The van der Waals surface area contributed by atoms with Gasteiger partial charge in [-0.2, -0.15) is 4.98 Å². The number of rotatable bonds is 5. The fraction of sp³-hybridized carbons (Fsp3) is 0.524. The summed E-state index contributed by atoms with van der Waals surface area (Å²) in [6.07, 6.45) is 7.23. The largest absolute Gasteiger partial charge is 0.492 e. The molecule has 1 aromatic heterocycles. The highest BCUT2D eigenvalue weighted by Crippen LogP contribution is 2.56. The van der Waals surface area contributed by atoms with Crippen LogP contribution in [0.25, 0.3) is 0 Å². The number of aromatic hydroxyl groups is 1. The van der Waals surface area contributed by atoms with Crippen LogP contribution in [0.5, 0.6) is 5.88 Å². The normalized spacial score (nSPS) is 29.8. The van der Waals surface area contributed by atoms with Gasteiger partial charge in [-0.15, -0.1) is 0 Å². The number of halogens is 2. The van der Waals surface area contributed by atoms with E-state index in [4.69, 9.17) is 0 Å². The molecule has 1 amide bonds. The lowest BCUT2D eigenvalue weighted by molar-refractivity contribution is -0.115. The molecular formula is C21H23F2N3O2S. The number of amides is 1. The molecule has 4 aliphatic carbocycles. The maximum Gasteiger partial charge on any atom is 0.229 e. The van der Waals surface area contributed by atoms with E-state index in [0.717, 1.165) is 49.1 Å². The van der Waals surface area contributed by atoms with Crippen molar-refractivity contribution < 1.29 is 18.7 Å². The summed E-state index contributed by atoms with van der Waals surface area (Å²) in [5, 5.41) is 16.6. The van der Waals surface area contributed by atoms with E-state index in [1.54, 1.807) is 0 Å². The lowest BCUT2D eigenvalue weighted by Crippen LogP contribution is -2.54. The van der Waals surface area contributed by atoms with Crippen molar-refractivity contribution in [2.24, 2.45) is 17.8 Å². The van der Waals surface area contributed by atoms with E-state index in [0.29, 0.717) is 10.0 Å². The zero-order valence-corrected chi connectivity index (χ0v) is 16.7. The first kappa shape index (κ1) is 18.8. The summed E-state index contributed by atoms with van der Waals surface area (Å²) in [5.41, 5.74) is -0.428. The van der Waals surface area contributed by atoms with Gasteiger partial charge in [0.25, 0.3) is 0 Å². The average molecular weight is 419 g/mol. The fourth-order valence-electron chi connectivity index (χ4n) is 5.95. The lowest BCUT2D eigenvalue weighted by atomic mass is 9.53. The first-order valence-corrected chi connectivity index (χ1v) is 10.9. The number of anilines is 2. The van der Waals surface area contributed by atoms with Crippen molar-refractivity contribution >= 4 is 28.1 Å². The van der Waals surface area contributed by atoms with E-state index >= 15 is 0 Å². The van der Waals surface area contributed by atoms with E-state index in [2.05, 4.69) is 15.6 Å². The van der Waals surface area contributed by atoms with Crippen LogP contribution in [0.15, 0.2) is 18.2 Å². The number of benzene rings is 1. The van der Waals surface area contributed by atoms with E-state index in [-0.39, 0.29) is 17.8 Å². The maximum absolute atomic E-state index is 13.7. The monoisotopic (exact) mass is 419 g/mol. The van der Waals surface area contributed by atoms with Crippen LogP contribution in [-0.4, -0.2) is 21.5 Å². The van der Waals surface area contributed by atoms with Gasteiger partial charge in [0.15, 0.2) is 5.13 Å². The summed E-state index contributed by atoms with van der Waals surface area (Å²) < 4.78 is 27.4. The summed E-state index contributed by atoms with van der Waals surface area (Å²) in [6.45, 7) is 0. The van der Waals surface area contributed by atoms with Crippen LogP contribution >= 0.6 is 11.3 Å². The van der Waals surface area contributed by atoms with E-state index in [1.165, 1.54) is 36.7 Å². The Morgan fingerprint density at radius 1 is 1.14 bits per heavy atom. The topological polar surface area (TPSA) is 74.2 Å². The van der Waals surface area contributed by atoms with Gasteiger partial charge in [-0.05, 0) is 68.4 Å². The molecule has 4 bridgehead atoms. The lowest BCUT2D eigenvalue weighted by Gasteiger charge is -2.56. The number of para-hydroxylation sites is 1. The van der Waals surface area contributed by atoms with Gasteiger partial charge >= 0.3 is 0 Å². The van der Waals surface area contributed by atoms with E-state index < -0.39 is 23.2 Å². The number of nitrogens with zero attached hydrogens (tertiary/aromatic N) is 1. The minimum absolute atomic E-state index is 0.0505. The van der Waals surface area contributed by atoms with Gasteiger partial charge in [0, 0.05) is 5.54 Å². The molecule has 154 valence electrons. The molecule has 0 unspecified atom stereocenters. The molecule has 4 saturated carbocycles. The Labute approximate surface area is 171 Å². The molecule has 0 spiro atoms. The third-order valence-electron chi connectivity index (χ3n) is 6.64. The molecule has 0 aliphatic heterocycles. The van der Waals surface area contributed by atoms with Crippen LogP contribution in [0.1, 0.15) is 43.4 Å². The number of carbonyl (C=O) groups excluding carboxylic acids is 1. The summed E-state index contributed by atoms with van der Waals surface area (Å²) in [6, 6.07) is 3.39. The molecule has 3 N–H and O–H groups in total. The smallest absolute Gasteiger partial charge is 0.229 e. The summed E-state index contributed by atoms with van der Waals surface area (Å²) in [4.78, 5) is 16.9. The van der Waals surface area contributed by atoms with Crippen LogP contribution in [0, 0.1) is 29.4 Å². The SMILES string of the molecule is O=C(Cc1sc(NC23CC4CC(CC(C4)C2)C3)nc1O)Nc1c(F)cccc1F. The van der Waals surface area contributed by atoms with Crippen LogP contribution < -0.4 is 10.6 Å². The van der Waals surface area contributed by atoms with E-state index in [9.17, 15) is 18.7 Å². The van der Waals surface area contributed by atoms with Crippen molar-refractivity contribution in [3.8, 4) is 5.88 Å². The molecule has 6 rings (SSSR count). The molecule has 0 atom stereocenters. The van der Waals surface area contributed by atoms with Gasteiger partial charge in [-0.3, -0.25) is 4.79 Å². The van der Waals surface area contributed by atoms with Crippen molar-refractivity contribution in [3.63, 3.8) is 0 Å². The molecule has 0 radical (unpaired) electrons. The molecule has 4 fully saturated rings. The zero-order chi connectivity index (χ0) is 20.2. The number of carbonyl (C=O) groups is 1. The fourth-order valence-corrected chi connectivity index (χ4v) is 6.92. The summed E-state index contributed by atoms with van der Waals surface area (Å²) in [5.74, 6) is -0.137. The first-order valence-electron chi connectivity index (χ1n) is 10.1. The van der Waals surface area contributed by atoms with Crippen molar-refractivity contribution in [3.05, 3.63) is 34.7 Å². The van der Waals surface area contributed by atoms with Crippen molar-refractivity contribution in [1.29, 1.82) is 0 Å². The molecule has 1 aromatic carbocycles. The van der Waals surface area contributed by atoms with Crippen LogP contribution in [0.2, 0.25) is 0 Å².